The summed E-state index contributed by atoms with van der Waals surface area (Å²) in [4.78, 5) is 25.0. The van der Waals surface area contributed by atoms with Crippen molar-refractivity contribution in [3.63, 3.8) is 0 Å². The fourth-order valence-electron chi connectivity index (χ4n) is 0.677. The number of halogens is 1. The smallest absolute Gasteiger partial charge is 0.325 e. The Labute approximate surface area is 66.0 Å². The van der Waals surface area contributed by atoms with Crippen LogP contribution in [0.2, 0.25) is 0 Å². The molecule has 0 aliphatic rings. The Balaban J connectivity index is 2.94. The first-order chi connectivity index (χ1) is 5.09. The van der Waals surface area contributed by atoms with Crippen LogP contribution in [-0.4, -0.2) is 20.3 Å². The Bertz CT molecular complexity index is 327. The molecule has 1 aromatic heterocycles. The second kappa shape index (κ2) is 2.79. The maximum Gasteiger partial charge on any atom is 0.325 e. The van der Waals surface area contributed by atoms with E-state index in [1.807, 2.05) is 4.98 Å². The van der Waals surface area contributed by atoms with Crippen molar-refractivity contribution in [2.24, 2.45) is 0 Å². The number of hydrogen-bond donors (Lipinski definition) is 3. The number of rotatable bonds is 2. The second-order valence-corrected chi connectivity index (χ2v) is 2.36. The molecular weight excluding hydrogens is 172 g/mol. The van der Waals surface area contributed by atoms with Crippen LogP contribution >= 0.6 is 11.6 Å². The third-order valence-electron chi connectivity index (χ3n) is 1.10. The van der Waals surface area contributed by atoms with Gasteiger partial charge < -0.3 is 10.1 Å². The maximum atomic E-state index is 10.5. The molecule has 6 heteroatoms. The van der Waals surface area contributed by atoms with E-state index >= 15 is 0 Å². The number of aromatic hydroxyl groups is 1. The van der Waals surface area contributed by atoms with E-state index in [0.29, 0.717) is 0 Å². The van der Waals surface area contributed by atoms with E-state index < -0.39 is 10.9 Å². The first-order valence-corrected chi connectivity index (χ1v) is 3.16. The molecule has 11 heavy (non-hydrogen) atoms. The van der Waals surface area contributed by atoms with E-state index in [4.69, 9.17) is 16.7 Å². The second-order valence-electron chi connectivity index (χ2n) is 1.94. The summed E-state index contributed by atoms with van der Waals surface area (Å²) in [7, 11) is 0. The number of nitrogens with one attached hydrogen (secondary N) is 2. The van der Waals surface area contributed by atoms with Crippen LogP contribution in [0, 0.1) is 0 Å². The molecule has 1 aromatic rings. The highest BCUT2D eigenvalue weighted by molar-refractivity contribution is 6.63. The van der Waals surface area contributed by atoms with Crippen LogP contribution in [0.4, 0.5) is 0 Å². The zero-order chi connectivity index (χ0) is 8.43. The van der Waals surface area contributed by atoms with Gasteiger partial charge in [0.25, 0.3) is 0 Å². The van der Waals surface area contributed by atoms with Crippen molar-refractivity contribution in [3.05, 3.63) is 16.2 Å². The number of aromatic nitrogens is 2. The summed E-state index contributed by atoms with van der Waals surface area (Å²) in [5.41, 5.74) is -0.453. The van der Waals surface area contributed by atoms with E-state index in [0.717, 1.165) is 0 Å². The number of carbonyl (C=O) groups is 1. The number of carbonyl (C=O) groups excluding carboxylic acids is 1. The van der Waals surface area contributed by atoms with Gasteiger partial charge in [-0.25, -0.2) is 4.79 Å². The molecule has 60 valence electrons. The van der Waals surface area contributed by atoms with E-state index in [1.54, 1.807) is 0 Å². The van der Waals surface area contributed by atoms with Gasteiger partial charge in [-0.15, -0.1) is 0 Å². The summed E-state index contributed by atoms with van der Waals surface area (Å²) < 4.78 is 0. The van der Waals surface area contributed by atoms with Gasteiger partial charge >= 0.3 is 5.69 Å². The number of aromatic amines is 2. The molecule has 0 fully saturated rings. The molecule has 3 N–H and O–H groups in total. The molecular formula is C5H5ClN2O3. The van der Waals surface area contributed by atoms with Crippen LogP contribution in [0.3, 0.4) is 0 Å². The van der Waals surface area contributed by atoms with Crippen molar-refractivity contribution < 1.29 is 9.90 Å². The first kappa shape index (κ1) is 7.87. The summed E-state index contributed by atoms with van der Waals surface area (Å²) in [6, 6.07) is 0. The van der Waals surface area contributed by atoms with Crippen LogP contribution < -0.4 is 5.69 Å². The lowest BCUT2D eigenvalue weighted by Gasteiger charge is -1.89. The molecule has 0 aromatic carbocycles. The lowest BCUT2D eigenvalue weighted by atomic mass is 10.3. The number of H-pyrrole nitrogens is 2. The average Bonchev–Trinajstić information content (AvgIpc) is 2.09. The third-order valence-corrected chi connectivity index (χ3v) is 1.23. The number of imidazole rings is 1. The van der Waals surface area contributed by atoms with Crippen LogP contribution in [0.5, 0.6) is 5.88 Å². The Morgan fingerprint density at radius 3 is 2.55 bits per heavy atom. The molecule has 1 rings (SSSR count). The van der Waals surface area contributed by atoms with Gasteiger partial charge in [0, 0.05) is 0 Å². The van der Waals surface area contributed by atoms with Gasteiger partial charge in [0.05, 0.1) is 12.1 Å². The van der Waals surface area contributed by atoms with Crippen molar-refractivity contribution in [1.29, 1.82) is 0 Å². The Kier molecular flexibility index (Phi) is 2.00. The molecule has 0 atom stereocenters. The van der Waals surface area contributed by atoms with Crippen molar-refractivity contribution >= 4 is 16.8 Å². The van der Waals surface area contributed by atoms with Crippen LogP contribution in [-0.2, 0) is 11.2 Å². The fraction of sp³-hybridized carbons (Fsp3) is 0.200. The molecule has 5 nitrogen and oxygen atoms in total. The molecule has 0 unspecified atom stereocenters. The largest absolute Gasteiger partial charge is 0.493 e. The first-order valence-electron chi connectivity index (χ1n) is 2.78. The summed E-state index contributed by atoms with van der Waals surface area (Å²) in [5.74, 6) is -0.344. The predicted octanol–water partition coefficient (Wildman–Crippen LogP) is -0.284. The van der Waals surface area contributed by atoms with Gasteiger partial charge in [-0.3, -0.25) is 9.78 Å². The van der Waals surface area contributed by atoms with Gasteiger partial charge in [-0.2, -0.15) is 0 Å². The van der Waals surface area contributed by atoms with E-state index in [2.05, 4.69) is 4.98 Å². The van der Waals surface area contributed by atoms with Crippen LogP contribution in [0.1, 0.15) is 5.69 Å². The average molecular weight is 177 g/mol. The minimum atomic E-state index is -0.643. The zero-order valence-corrected chi connectivity index (χ0v) is 6.10. The summed E-state index contributed by atoms with van der Waals surface area (Å²) in [5, 5.41) is 8.24. The molecule has 0 saturated carbocycles. The van der Waals surface area contributed by atoms with Gasteiger partial charge in [0.1, 0.15) is 0 Å². The van der Waals surface area contributed by atoms with E-state index in [1.165, 1.54) is 0 Å². The van der Waals surface area contributed by atoms with Crippen LogP contribution in [0.15, 0.2) is 4.79 Å². The summed E-state index contributed by atoms with van der Waals surface area (Å²) in [6.07, 6.45) is -0.188. The van der Waals surface area contributed by atoms with Crippen molar-refractivity contribution in [1.82, 2.24) is 9.97 Å². The molecule has 0 aliphatic carbocycles. The summed E-state index contributed by atoms with van der Waals surface area (Å²) in [6.45, 7) is 0. The Hall–Kier alpha value is -1.23. The van der Waals surface area contributed by atoms with Gasteiger partial charge in [0.2, 0.25) is 11.1 Å². The molecule has 0 spiro atoms. The molecule has 0 amide bonds. The lowest BCUT2D eigenvalue weighted by Crippen LogP contribution is -2.02. The summed E-state index contributed by atoms with van der Waals surface area (Å²) >= 11 is 5.01. The normalized spacial score (nSPS) is 9.91. The molecule has 0 bridgehead atoms. The SMILES string of the molecule is O=C(Cl)Cc1[nH]c(=O)[nH]c1O. The third kappa shape index (κ3) is 1.84. The standard InChI is InChI=1S/C5H5ClN2O3/c6-3(9)1-2-4(10)8-5(11)7-2/h10H,1H2,(H2,7,8,11). The number of hydrogen-bond acceptors (Lipinski definition) is 3. The molecule has 0 saturated heterocycles. The highest BCUT2D eigenvalue weighted by atomic mass is 35.5. The van der Waals surface area contributed by atoms with E-state index in [-0.39, 0.29) is 18.0 Å². The van der Waals surface area contributed by atoms with Gasteiger partial charge in [0.15, 0.2) is 0 Å². The Morgan fingerprint density at radius 2 is 2.18 bits per heavy atom. The van der Waals surface area contributed by atoms with Crippen molar-refractivity contribution in [2.45, 2.75) is 6.42 Å². The predicted molar refractivity (Wildman–Crippen MR) is 37.6 cm³/mol. The molecule has 0 aliphatic heterocycles. The van der Waals surface area contributed by atoms with Crippen molar-refractivity contribution in [2.75, 3.05) is 0 Å². The van der Waals surface area contributed by atoms with Crippen LogP contribution in [0.25, 0.3) is 0 Å². The van der Waals surface area contributed by atoms with Gasteiger partial charge in [-0.1, -0.05) is 0 Å². The Morgan fingerprint density at radius 1 is 1.55 bits per heavy atom. The molecule has 1 heterocycles. The fourth-order valence-corrected chi connectivity index (χ4v) is 0.811. The van der Waals surface area contributed by atoms with E-state index in [9.17, 15) is 9.59 Å². The van der Waals surface area contributed by atoms with Crippen molar-refractivity contribution in [3.8, 4) is 5.88 Å². The monoisotopic (exact) mass is 176 g/mol. The minimum Gasteiger partial charge on any atom is -0.493 e. The highest BCUT2D eigenvalue weighted by Crippen LogP contribution is 2.08. The minimum absolute atomic E-state index is 0.106. The maximum absolute atomic E-state index is 10.5. The molecule has 0 radical (unpaired) electrons. The lowest BCUT2D eigenvalue weighted by molar-refractivity contribution is -0.111. The topological polar surface area (TPSA) is 86.0 Å². The quantitative estimate of drug-likeness (QED) is 0.542. The highest BCUT2D eigenvalue weighted by Gasteiger charge is 2.07. The van der Waals surface area contributed by atoms with Gasteiger partial charge in [-0.05, 0) is 11.6 Å². The zero-order valence-electron chi connectivity index (χ0n) is 5.35.